The van der Waals surface area contributed by atoms with E-state index in [1.54, 1.807) is 24.3 Å². The molecule has 186 valence electrons. The molecule has 3 aromatic carbocycles. The smallest absolute Gasteiger partial charge is 0.314 e. The molecule has 0 bridgehead atoms. The Morgan fingerprint density at radius 3 is 2.25 bits per heavy atom. The Morgan fingerprint density at radius 2 is 1.67 bits per heavy atom. The first-order valence-corrected chi connectivity index (χ1v) is 11.1. The molecule has 9 heteroatoms. The van der Waals surface area contributed by atoms with Gasteiger partial charge < -0.3 is 29.2 Å². The first kappa shape index (κ1) is 23.6. The molecule has 0 spiro atoms. The van der Waals surface area contributed by atoms with Crippen molar-refractivity contribution in [2.24, 2.45) is 5.92 Å². The summed E-state index contributed by atoms with van der Waals surface area (Å²) in [6.45, 7) is 0. The molecule has 0 aromatic heterocycles. The number of aliphatic carboxylic acids is 1. The fourth-order valence-electron chi connectivity index (χ4n) is 5.59. The van der Waals surface area contributed by atoms with Gasteiger partial charge in [0, 0.05) is 17.7 Å². The maximum absolute atomic E-state index is 14.4. The number of carbonyl (C=O) groups excluding carboxylic acids is 1. The third kappa shape index (κ3) is 2.95. The molecule has 0 amide bonds. The Kier molecular flexibility index (Phi) is 5.40. The molecule has 1 aliphatic carbocycles. The van der Waals surface area contributed by atoms with Crippen LogP contribution in [0.1, 0.15) is 22.6 Å². The van der Waals surface area contributed by atoms with E-state index in [-0.39, 0.29) is 22.6 Å². The number of Topliss-reactive ketones (excluding diaryl/α,β-unsaturated/α-hetero) is 1. The van der Waals surface area contributed by atoms with Crippen molar-refractivity contribution >= 4 is 11.8 Å². The average Bonchev–Trinajstić information content (AvgIpc) is 3.26. The third-order valence-corrected chi connectivity index (χ3v) is 7.07. The van der Waals surface area contributed by atoms with Crippen molar-refractivity contribution in [2.75, 3.05) is 21.3 Å². The minimum Gasteiger partial charge on any atom is -0.497 e. The molecular weight excluding hydrogens is 471 g/mol. The van der Waals surface area contributed by atoms with E-state index in [0.717, 1.165) is 6.07 Å². The summed E-state index contributed by atoms with van der Waals surface area (Å²) in [6.07, 6.45) is 0. The highest BCUT2D eigenvalue weighted by Gasteiger charge is 2.78. The zero-order chi connectivity index (χ0) is 25.8. The quantitative estimate of drug-likeness (QED) is 0.502. The maximum Gasteiger partial charge on any atom is 0.314 e. The van der Waals surface area contributed by atoms with Gasteiger partial charge in [0.1, 0.15) is 34.7 Å². The normalized spacial score (nSPS) is 26.1. The van der Waals surface area contributed by atoms with Crippen LogP contribution in [0.25, 0.3) is 0 Å². The zero-order valence-corrected chi connectivity index (χ0v) is 19.7. The third-order valence-electron chi connectivity index (χ3n) is 7.07. The van der Waals surface area contributed by atoms with Crippen LogP contribution in [0.4, 0.5) is 4.39 Å². The monoisotopic (exact) mass is 494 g/mol. The number of hydrogen-bond acceptors (Lipinski definition) is 7. The Labute approximate surface area is 205 Å². The Balaban J connectivity index is 1.90. The van der Waals surface area contributed by atoms with Crippen LogP contribution in [0.2, 0.25) is 0 Å². The second-order valence-corrected chi connectivity index (χ2v) is 8.69. The van der Waals surface area contributed by atoms with Crippen LogP contribution in [0, 0.1) is 11.7 Å². The topological polar surface area (TPSA) is 112 Å². The number of carboxylic acids is 1. The number of ketones is 1. The first-order valence-electron chi connectivity index (χ1n) is 11.1. The van der Waals surface area contributed by atoms with E-state index in [2.05, 4.69) is 0 Å². The van der Waals surface area contributed by atoms with Crippen LogP contribution >= 0.6 is 0 Å². The lowest BCUT2D eigenvalue weighted by atomic mass is 9.70. The number of rotatable bonds is 6. The molecule has 0 radical (unpaired) electrons. The van der Waals surface area contributed by atoms with Gasteiger partial charge in [-0.15, -0.1) is 0 Å². The van der Waals surface area contributed by atoms with Crippen molar-refractivity contribution in [1.82, 2.24) is 0 Å². The molecule has 1 fully saturated rings. The minimum absolute atomic E-state index is 0.0169. The molecule has 1 saturated carbocycles. The molecule has 1 aliphatic heterocycles. The van der Waals surface area contributed by atoms with Gasteiger partial charge >= 0.3 is 5.97 Å². The van der Waals surface area contributed by atoms with Crippen molar-refractivity contribution in [3.63, 3.8) is 0 Å². The lowest BCUT2D eigenvalue weighted by molar-refractivity contribution is -0.154. The summed E-state index contributed by atoms with van der Waals surface area (Å²) in [4.78, 5) is 26.5. The fourth-order valence-corrected chi connectivity index (χ4v) is 5.59. The average molecular weight is 494 g/mol. The molecule has 3 aromatic rings. The maximum atomic E-state index is 14.4. The van der Waals surface area contributed by atoms with Crippen molar-refractivity contribution in [3.05, 3.63) is 83.2 Å². The number of halogens is 1. The summed E-state index contributed by atoms with van der Waals surface area (Å²) in [5, 5.41) is 22.6. The fraction of sp³-hybridized carbons (Fsp3) is 0.259. The van der Waals surface area contributed by atoms with Crippen LogP contribution in [-0.2, 0) is 20.8 Å². The molecule has 1 heterocycles. The van der Waals surface area contributed by atoms with Gasteiger partial charge in [-0.05, 0) is 29.8 Å². The predicted molar refractivity (Wildman–Crippen MR) is 124 cm³/mol. The highest BCUT2D eigenvalue weighted by Crippen LogP contribution is 2.68. The highest BCUT2D eigenvalue weighted by molar-refractivity contribution is 6.09. The zero-order valence-electron chi connectivity index (χ0n) is 19.7. The molecule has 4 unspecified atom stereocenters. The van der Waals surface area contributed by atoms with Crippen LogP contribution < -0.4 is 18.9 Å². The van der Waals surface area contributed by atoms with E-state index in [0.29, 0.717) is 17.1 Å². The van der Waals surface area contributed by atoms with Crippen molar-refractivity contribution < 1.29 is 43.1 Å². The molecular formula is C27H23FO8. The van der Waals surface area contributed by atoms with Gasteiger partial charge in [-0.25, -0.2) is 4.39 Å². The first-order chi connectivity index (χ1) is 17.2. The molecule has 36 heavy (non-hydrogen) atoms. The molecule has 5 rings (SSSR count). The van der Waals surface area contributed by atoms with E-state index in [1.807, 2.05) is 0 Å². The summed E-state index contributed by atoms with van der Waals surface area (Å²) in [5.41, 5.74) is -4.00. The second-order valence-electron chi connectivity index (χ2n) is 8.69. The number of ether oxygens (including phenoxy) is 4. The summed E-state index contributed by atoms with van der Waals surface area (Å²) in [7, 11) is 4.27. The van der Waals surface area contributed by atoms with Crippen LogP contribution in [-0.4, -0.2) is 43.3 Å². The van der Waals surface area contributed by atoms with Gasteiger partial charge in [0.25, 0.3) is 0 Å². The van der Waals surface area contributed by atoms with Crippen molar-refractivity contribution in [2.45, 2.75) is 17.1 Å². The van der Waals surface area contributed by atoms with Crippen LogP contribution in [0.3, 0.4) is 0 Å². The van der Waals surface area contributed by atoms with E-state index in [4.69, 9.17) is 18.9 Å². The number of fused-ring (bicyclic) bond motifs is 3. The van der Waals surface area contributed by atoms with Gasteiger partial charge in [-0.1, -0.05) is 24.3 Å². The number of aliphatic hydroxyl groups is 1. The van der Waals surface area contributed by atoms with Crippen LogP contribution in [0.15, 0.2) is 60.7 Å². The second kappa shape index (κ2) is 8.23. The Hall–Kier alpha value is -4.11. The van der Waals surface area contributed by atoms with E-state index >= 15 is 0 Å². The SMILES string of the molecule is COc1ccc(C23Oc4cc(OC)cc(OC)c4C2(O)C(=O)C(C(=O)O)C3c2cccc(F)c2)cc1. The van der Waals surface area contributed by atoms with Gasteiger partial charge in [0.2, 0.25) is 5.60 Å². The Morgan fingerprint density at radius 1 is 0.972 bits per heavy atom. The van der Waals surface area contributed by atoms with Gasteiger partial charge in [0.15, 0.2) is 11.4 Å². The molecule has 4 atom stereocenters. The largest absolute Gasteiger partial charge is 0.497 e. The van der Waals surface area contributed by atoms with Gasteiger partial charge in [-0.3, -0.25) is 9.59 Å². The van der Waals surface area contributed by atoms with Gasteiger partial charge in [0.05, 0.1) is 32.8 Å². The van der Waals surface area contributed by atoms with Crippen molar-refractivity contribution in [1.29, 1.82) is 0 Å². The predicted octanol–water partition coefficient (Wildman–Crippen LogP) is 3.39. The number of benzene rings is 3. The summed E-state index contributed by atoms with van der Waals surface area (Å²) in [6, 6.07) is 14.6. The lowest BCUT2D eigenvalue weighted by Gasteiger charge is -2.39. The van der Waals surface area contributed by atoms with E-state index < -0.39 is 40.6 Å². The minimum atomic E-state index is -2.49. The molecule has 2 N–H and O–H groups in total. The number of carboxylic acid groups (broad SMARTS) is 1. The molecule has 0 saturated heterocycles. The van der Waals surface area contributed by atoms with Crippen LogP contribution in [0.5, 0.6) is 23.0 Å². The summed E-state index contributed by atoms with van der Waals surface area (Å²) < 4.78 is 36.9. The number of methoxy groups -OCH3 is 3. The molecule has 8 nitrogen and oxygen atoms in total. The Bertz CT molecular complexity index is 1370. The highest BCUT2D eigenvalue weighted by atomic mass is 19.1. The summed E-state index contributed by atoms with van der Waals surface area (Å²) in [5.74, 6) is -5.15. The van der Waals surface area contributed by atoms with Crippen molar-refractivity contribution in [3.8, 4) is 23.0 Å². The number of hydrogen-bond donors (Lipinski definition) is 2. The summed E-state index contributed by atoms with van der Waals surface area (Å²) >= 11 is 0. The number of carbonyl (C=O) groups is 2. The standard InChI is InChI=1S/C27H23FO8/c1-33-17-9-7-15(8-10-17)27-22(14-5-4-6-16(28)11-14)21(25(30)31)24(29)26(27,32)23-19(35-3)12-18(34-2)13-20(23)36-27/h4-13,21-22,32H,1-3H3,(H,30,31). The van der Waals surface area contributed by atoms with E-state index in [9.17, 15) is 24.2 Å². The molecule has 2 aliphatic rings. The van der Waals surface area contributed by atoms with E-state index in [1.165, 1.54) is 51.7 Å². The van der Waals surface area contributed by atoms with Gasteiger partial charge in [-0.2, -0.15) is 0 Å². The lowest BCUT2D eigenvalue weighted by Crippen LogP contribution is -2.50.